The van der Waals surface area contributed by atoms with Crippen LogP contribution < -0.4 is 0 Å². The predicted octanol–water partition coefficient (Wildman–Crippen LogP) is 2.04. The van der Waals surface area contributed by atoms with E-state index in [2.05, 4.69) is 15.0 Å². The normalized spacial score (nSPS) is 10.5. The van der Waals surface area contributed by atoms with E-state index in [1.807, 2.05) is 0 Å². The molecule has 2 aromatic heterocycles. The highest BCUT2D eigenvalue weighted by Crippen LogP contribution is 2.13. The second kappa shape index (κ2) is 3.56. The van der Waals surface area contributed by atoms with Crippen molar-refractivity contribution in [3.05, 3.63) is 27.8 Å². The highest BCUT2D eigenvalue weighted by Gasteiger charge is 2.07. The Hall–Kier alpha value is -1.53. The number of nitrogens with one attached hydrogen (secondary N) is 1. The van der Waals surface area contributed by atoms with Crippen molar-refractivity contribution in [3.8, 4) is 0 Å². The Morgan fingerprint density at radius 2 is 2.20 bits per heavy atom. The van der Waals surface area contributed by atoms with E-state index in [9.17, 15) is 4.79 Å². The summed E-state index contributed by atoms with van der Waals surface area (Å²) in [4.78, 5) is 21.0. The van der Waals surface area contributed by atoms with Crippen molar-refractivity contribution in [1.82, 2.24) is 15.0 Å². The van der Waals surface area contributed by atoms with E-state index in [0.717, 1.165) is 0 Å². The van der Waals surface area contributed by atoms with E-state index in [-0.39, 0.29) is 15.6 Å². The molecule has 0 amide bonds. The number of aromatic amines is 1. The summed E-state index contributed by atoms with van der Waals surface area (Å²) >= 11 is 10.6. The maximum atomic E-state index is 10.7. The molecule has 2 rings (SSSR count). The van der Waals surface area contributed by atoms with Crippen LogP contribution in [-0.2, 0) is 0 Å². The first-order chi connectivity index (χ1) is 7.08. The summed E-state index contributed by atoms with van der Waals surface area (Å²) in [5.74, 6) is -1.11. The van der Waals surface area contributed by atoms with Gasteiger partial charge in [-0.1, -0.05) is 12.2 Å². The molecule has 2 N–H and O–H groups in total. The molecule has 0 saturated heterocycles. The summed E-state index contributed by atoms with van der Waals surface area (Å²) in [5, 5.41) is 8.89. The average Bonchev–Trinajstić information content (AvgIpc) is 2.16. The molecule has 0 spiro atoms. The fourth-order valence-electron chi connectivity index (χ4n) is 1.12. The molecule has 0 unspecified atom stereocenters. The van der Waals surface area contributed by atoms with Crippen LogP contribution >= 0.6 is 23.8 Å². The number of hydrogen-bond acceptors (Lipinski definition) is 4. The molecule has 2 aromatic rings. The molecule has 0 atom stereocenters. The molecule has 0 aromatic carbocycles. The van der Waals surface area contributed by atoms with Crippen LogP contribution in [0.2, 0.25) is 5.28 Å². The molecule has 76 valence electrons. The van der Waals surface area contributed by atoms with Gasteiger partial charge in [0.15, 0.2) is 4.64 Å². The number of halogens is 1. The topological polar surface area (TPSA) is 78.9 Å². The van der Waals surface area contributed by atoms with Gasteiger partial charge in [-0.3, -0.25) is 0 Å². The number of H-pyrrole nitrogens is 1. The fraction of sp³-hybridized carbons (Fsp3) is 0. The zero-order valence-electron chi connectivity index (χ0n) is 7.19. The summed E-state index contributed by atoms with van der Waals surface area (Å²) in [6, 6.07) is 2.92. The first-order valence-electron chi connectivity index (χ1n) is 3.88. The number of carbonyl (C=O) groups is 1. The van der Waals surface area contributed by atoms with Crippen LogP contribution in [0.25, 0.3) is 11.0 Å². The van der Waals surface area contributed by atoms with Crippen molar-refractivity contribution in [3.63, 3.8) is 0 Å². The quantitative estimate of drug-likeness (QED) is 0.590. The fourth-order valence-corrected chi connectivity index (χ4v) is 1.61. The number of aromatic carboxylic acids is 1. The predicted molar refractivity (Wildman–Crippen MR) is 56.7 cm³/mol. The van der Waals surface area contributed by atoms with Gasteiger partial charge in [-0.2, -0.15) is 0 Å². The SMILES string of the molecule is O=C(O)c1ccc2[nH]c(Cl)nc(=S)c2n1. The van der Waals surface area contributed by atoms with Crippen LogP contribution in [0, 0.1) is 4.64 Å². The molecule has 0 aliphatic heterocycles. The Balaban J connectivity index is 2.83. The molecular weight excluding hydrogens is 238 g/mol. The Labute approximate surface area is 93.8 Å². The molecular formula is C8H4ClN3O2S. The van der Waals surface area contributed by atoms with Gasteiger partial charge in [0.1, 0.15) is 11.2 Å². The minimum atomic E-state index is -1.11. The average molecular weight is 242 g/mol. The third kappa shape index (κ3) is 1.81. The molecule has 0 fully saturated rings. The molecule has 0 radical (unpaired) electrons. The number of aromatic nitrogens is 3. The molecule has 0 bridgehead atoms. The number of nitrogens with zero attached hydrogens (tertiary/aromatic N) is 2. The van der Waals surface area contributed by atoms with Gasteiger partial charge < -0.3 is 10.1 Å². The molecule has 2 heterocycles. The molecule has 0 saturated carbocycles. The van der Waals surface area contributed by atoms with Crippen molar-refractivity contribution >= 4 is 40.8 Å². The van der Waals surface area contributed by atoms with Gasteiger partial charge >= 0.3 is 5.97 Å². The van der Waals surface area contributed by atoms with E-state index in [1.54, 1.807) is 6.07 Å². The lowest BCUT2D eigenvalue weighted by molar-refractivity contribution is 0.0691. The Kier molecular flexibility index (Phi) is 2.37. The van der Waals surface area contributed by atoms with Gasteiger partial charge in [-0.15, -0.1) is 0 Å². The number of rotatable bonds is 1. The number of carboxylic acid groups (broad SMARTS) is 1. The smallest absolute Gasteiger partial charge is 0.354 e. The van der Waals surface area contributed by atoms with Crippen molar-refractivity contribution in [2.24, 2.45) is 0 Å². The standard InChI is InChI=1S/C8H4ClN3O2S/c9-8-11-3-1-2-4(7(13)14)10-5(3)6(15)12-8/h1-2H,(H,13,14)(H,11,12,15). The van der Waals surface area contributed by atoms with Gasteiger partial charge in [0, 0.05) is 0 Å². The number of carboxylic acids is 1. The van der Waals surface area contributed by atoms with Crippen molar-refractivity contribution in [2.75, 3.05) is 0 Å². The summed E-state index contributed by atoms with van der Waals surface area (Å²) in [5.41, 5.74) is 0.811. The monoisotopic (exact) mass is 241 g/mol. The van der Waals surface area contributed by atoms with Crippen LogP contribution in [0.1, 0.15) is 10.5 Å². The molecule has 15 heavy (non-hydrogen) atoms. The van der Waals surface area contributed by atoms with E-state index >= 15 is 0 Å². The minimum absolute atomic E-state index is 0.0777. The maximum absolute atomic E-state index is 10.7. The van der Waals surface area contributed by atoms with Crippen molar-refractivity contribution in [2.45, 2.75) is 0 Å². The second-order valence-electron chi connectivity index (χ2n) is 2.73. The van der Waals surface area contributed by atoms with Gasteiger partial charge in [-0.05, 0) is 23.7 Å². The van der Waals surface area contributed by atoms with Gasteiger partial charge in [0.05, 0.1) is 5.52 Å². The number of pyridine rings is 1. The van der Waals surface area contributed by atoms with E-state index in [0.29, 0.717) is 11.0 Å². The third-order valence-electron chi connectivity index (χ3n) is 1.75. The number of fused-ring (bicyclic) bond motifs is 1. The first kappa shape index (κ1) is 10.0. The minimum Gasteiger partial charge on any atom is -0.477 e. The van der Waals surface area contributed by atoms with Crippen molar-refractivity contribution in [1.29, 1.82) is 0 Å². The largest absolute Gasteiger partial charge is 0.477 e. The van der Waals surface area contributed by atoms with Crippen LogP contribution in [0.4, 0.5) is 0 Å². The Morgan fingerprint density at radius 3 is 2.87 bits per heavy atom. The third-order valence-corrected chi connectivity index (χ3v) is 2.22. The lowest BCUT2D eigenvalue weighted by atomic mass is 10.3. The van der Waals surface area contributed by atoms with E-state index < -0.39 is 5.97 Å². The summed E-state index contributed by atoms with van der Waals surface area (Å²) in [6.45, 7) is 0. The molecule has 5 nitrogen and oxygen atoms in total. The molecule has 0 aliphatic carbocycles. The van der Waals surface area contributed by atoms with Crippen molar-refractivity contribution < 1.29 is 9.90 Å². The number of hydrogen-bond donors (Lipinski definition) is 2. The maximum Gasteiger partial charge on any atom is 0.354 e. The zero-order chi connectivity index (χ0) is 11.0. The Bertz CT molecular complexity index is 610. The van der Waals surface area contributed by atoms with Crippen LogP contribution in [0.5, 0.6) is 0 Å². The first-order valence-corrected chi connectivity index (χ1v) is 4.66. The second-order valence-corrected chi connectivity index (χ2v) is 3.48. The summed E-state index contributed by atoms with van der Waals surface area (Å²) in [7, 11) is 0. The van der Waals surface area contributed by atoms with Crippen LogP contribution in [-0.4, -0.2) is 26.0 Å². The van der Waals surface area contributed by atoms with Crippen LogP contribution in [0.15, 0.2) is 12.1 Å². The highest BCUT2D eigenvalue weighted by atomic mass is 35.5. The summed E-state index contributed by atoms with van der Waals surface area (Å²) < 4.78 is 0.178. The van der Waals surface area contributed by atoms with E-state index in [4.69, 9.17) is 28.9 Å². The molecule has 7 heteroatoms. The lowest BCUT2D eigenvalue weighted by Gasteiger charge is -1.99. The summed E-state index contributed by atoms with van der Waals surface area (Å²) in [6.07, 6.45) is 0. The molecule has 0 aliphatic rings. The van der Waals surface area contributed by atoms with E-state index in [1.165, 1.54) is 6.07 Å². The Morgan fingerprint density at radius 1 is 1.47 bits per heavy atom. The van der Waals surface area contributed by atoms with Crippen LogP contribution in [0.3, 0.4) is 0 Å². The zero-order valence-corrected chi connectivity index (χ0v) is 8.76. The van der Waals surface area contributed by atoms with Gasteiger partial charge in [-0.25, -0.2) is 14.8 Å². The van der Waals surface area contributed by atoms with Gasteiger partial charge in [0.2, 0.25) is 5.28 Å². The van der Waals surface area contributed by atoms with Gasteiger partial charge in [0.25, 0.3) is 0 Å². The highest BCUT2D eigenvalue weighted by molar-refractivity contribution is 7.71. The lowest BCUT2D eigenvalue weighted by Crippen LogP contribution is -2.01.